The van der Waals surface area contributed by atoms with Gasteiger partial charge in [0, 0.05) is 12.7 Å². The number of hydrogen-bond acceptors (Lipinski definition) is 4. The van der Waals surface area contributed by atoms with Crippen molar-refractivity contribution >= 4 is 0 Å². The molecule has 0 fully saturated rings. The summed E-state index contributed by atoms with van der Waals surface area (Å²) in [6, 6.07) is 10.0. The predicted molar refractivity (Wildman–Crippen MR) is 74.8 cm³/mol. The van der Waals surface area contributed by atoms with Gasteiger partial charge in [0.1, 0.15) is 6.61 Å². The largest absolute Gasteiger partial charge is 0.472 e. The highest BCUT2D eigenvalue weighted by Gasteiger charge is 2.00. The van der Waals surface area contributed by atoms with Crippen molar-refractivity contribution in [3.8, 4) is 5.88 Å². The Labute approximate surface area is 113 Å². The second-order valence-electron chi connectivity index (χ2n) is 4.30. The molecule has 19 heavy (non-hydrogen) atoms. The maximum Gasteiger partial charge on any atom is 0.232 e. The molecule has 2 rings (SSSR count). The van der Waals surface area contributed by atoms with Crippen LogP contribution in [0.5, 0.6) is 5.88 Å². The molecule has 0 aliphatic carbocycles. The number of ether oxygens (including phenoxy) is 1. The normalized spacial score (nSPS) is 10.4. The monoisotopic (exact) mass is 257 g/mol. The van der Waals surface area contributed by atoms with E-state index in [-0.39, 0.29) is 0 Å². The maximum absolute atomic E-state index is 5.64. The average molecular weight is 257 g/mol. The van der Waals surface area contributed by atoms with E-state index in [1.807, 2.05) is 30.3 Å². The first-order valence-electron chi connectivity index (χ1n) is 6.57. The van der Waals surface area contributed by atoms with E-state index in [1.165, 1.54) is 0 Å². The molecule has 0 aliphatic rings. The smallest absolute Gasteiger partial charge is 0.232 e. The Bertz CT molecular complexity index is 488. The molecule has 2 aromatic rings. The van der Waals surface area contributed by atoms with E-state index in [9.17, 15) is 0 Å². The standard InChI is InChI=1S/C15H19N3O/c1-2-8-16-9-14-10-17-11-15(18-14)19-12-13-6-4-3-5-7-13/h3-7,10-11,16H,2,8-9,12H2,1H3. The number of benzene rings is 1. The summed E-state index contributed by atoms with van der Waals surface area (Å²) >= 11 is 0. The Morgan fingerprint density at radius 3 is 2.79 bits per heavy atom. The van der Waals surface area contributed by atoms with E-state index in [0.717, 1.165) is 30.8 Å². The molecular formula is C15H19N3O. The van der Waals surface area contributed by atoms with Crippen molar-refractivity contribution in [1.29, 1.82) is 0 Å². The molecule has 0 atom stereocenters. The predicted octanol–water partition coefficient (Wildman–Crippen LogP) is 2.56. The SMILES string of the molecule is CCCNCc1cncc(OCc2ccccc2)n1. The van der Waals surface area contributed by atoms with E-state index < -0.39 is 0 Å². The Morgan fingerprint density at radius 1 is 1.16 bits per heavy atom. The Morgan fingerprint density at radius 2 is 2.00 bits per heavy atom. The lowest BCUT2D eigenvalue weighted by Crippen LogP contribution is -2.15. The number of rotatable bonds is 7. The van der Waals surface area contributed by atoms with Crippen LogP contribution in [0.15, 0.2) is 42.7 Å². The van der Waals surface area contributed by atoms with Crippen LogP contribution in [-0.4, -0.2) is 16.5 Å². The van der Waals surface area contributed by atoms with Gasteiger partial charge in [0.15, 0.2) is 0 Å². The van der Waals surface area contributed by atoms with Crippen LogP contribution in [0.25, 0.3) is 0 Å². The number of aromatic nitrogens is 2. The van der Waals surface area contributed by atoms with Crippen molar-refractivity contribution in [2.24, 2.45) is 0 Å². The Balaban J connectivity index is 1.88. The molecule has 100 valence electrons. The summed E-state index contributed by atoms with van der Waals surface area (Å²) < 4.78 is 5.64. The highest BCUT2D eigenvalue weighted by molar-refractivity contribution is 5.15. The second-order valence-corrected chi connectivity index (χ2v) is 4.30. The third kappa shape index (κ3) is 4.67. The first-order chi connectivity index (χ1) is 9.38. The molecule has 1 aromatic heterocycles. The topological polar surface area (TPSA) is 47.0 Å². The fourth-order valence-corrected chi connectivity index (χ4v) is 1.67. The van der Waals surface area contributed by atoms with Crippen molar-refractivity contribution in [1.82, 2.24) is 15.3 Å². The fourth-order valence-electron chi connectivity index (χ4n) is 1.67. The lowest BCUT2D eigenvalue weighted by Gasteiger charge is -2.07. The van der Waals surface area contributed by atoms with Gasteiger partial charge in [-0.25, -0.2) is 4.98 Å². The minimum atomic E-state index is 0.515. The van der Waals surface area contributed by atoms with Crippen LogP contribution in [0, 0.1) is 0 Å². The van der Waals surface area contributed by atoms with Crippen molar-refractivity contribution in [3.63, 3.8) is 0 Å². The molecule has 1 aromatic carbocycles. The van der Waals surface area contributed by atoms with Gasteiger partial charge in [-0.2, -0.15) is 0 Å². The molecule has 4 nitrogen and oxygen atoms in total. The van der Waals surface area contributed by atoms with Gasteiger partial charge in [-0.05, 0) is 18.5 Å². The molecule has 0 spiro atoms. The van der Waals surface area contributed by atoms with Crippen LogP contribution in [0.3, 0.4) is 0 Å². The van der Waals surface area contributed by atoms with Gasteiger partial charge in [0.2, 0.25) is 5.88 Å². The summed E-state index contributed by atoms with van der Waals surface area (Å²) in [6.45, 7) is 4.36. The van der Waals surface area contributed by atoms with Crippen LogP contribution in [0.2, 0.25) is 0 Å². The quantitative estimate of drug-likeness (QED) is 0.774. The first kappa shape index (κ1) is 13.5. The maximum atomic E-state index is 5.64. The molecular weight excluding hydrogens is 238 g/mol. The zero-order chi connectivity index (χ0) is 13.3. The molecule has 0 saturated heterocycles. The lowest BCUT2D eigenvalue weighted by molar-refractivity contribution is 0.291. The van der Waals surface area contributed by atoms with Gasteiger partial charge in [-0.3, -0.25) is 4.98 Å². The van der Waals surface area contributed by atoms with Crippen molar-refractivity contribution in [2.45, 2.75) is 26.5 Å². The second kappa shape index (κ2) is 7.48. The molecule has 1 heterocycles. The van der Waals surface area contributed by atoms with Crippen LogP contribution in [0.4, 0.5) is 0 Å². The summed E-state index contributed by atoms with van der Waals surface area (Å²) in [6.07, 6.45) is 4.52. The van der Waals surface area contributed by atoms with Gasteiger partial charge in [0.25, 0.3) is 0 Å². The molecule has 0 unspecified atom stereocenters. The molecule has 0 bridgehead atoms. The van der Waals surface area contributed by atoms with Crippen molar-refractivity contribution < 1.29 is 4.74 Å². The fraction of sp³-hybridized carbons (Fsp3) is 0.333. The number of hydrogen-bond donors (Lipinski definition) is 1. The molecule has 4 heteroatoms. The van der Waals surface area contributed by atoms with Gasteiger partial charge >= 0.3 is 0 Å². The summed E-state index contributed by atoms with van der Waals surface area (Å²) in [4.78, 5) is 8.56. The van der Waals surface area contributed by atoms with Gasteiger partial charge in [0.05, 0.1) is 11.9 Å². The average Bonchev–Trinajstić information content (AvgIpc) is 2.47. The molecule has 0 radical (unpaired) electrons. The highest BCUT2D eigenvalue weighted by Crippen LogP contribution is 2.08. The van der Waals surface area contributed by atoms with E-state index in [2.05, 4.69) is 22.2 Å². The van der Waals surface area contributed by atoms with E-state index in [0.29, 0.717) is 12.5 Å². The van der Waals surface area contributed by atoms with E-state index in [1.54, 1.807) is 12.4 Å². The molecule has 1 N–H and O–H groups in total. The van der Waals surface area contributed by atoms with Crippen molar-refractivity contribution in [2.75, 3.05) is 6.54 Å². The van der Waals surface area contributed by atoms with Gasteiger partial charge in [-0.1, -0.05) is 37.3 Å². The summed E-state index contributed by atoms with van der Waals surface area (Å²) in [5, 5.41) is 3.29. The van der Waals surface area contributed by atoms with E-state index in [4.69, 9.17) is 4.74 Å². The Kier molecular flexibility index (Phi) is 5.31. The molecule has 0 aliphatic heterocycles. The van der Waals surface area contributed by atoms with Gasteiger partial charge < -0.3 is 10.1 Å². The number of nitrogens with zero attached hydrogens (tertiary/aromatic N) is 2. The highest BCUT2D eigenvalue weighted by atomic mass is 16.5. The van der Waals surface area contributed by atoms with Crippen LogP contribution < -0.4 is 10.1 Å². The zero-order valence-corrected chi connectivity index (χ0v) is 11.2. The van der Waals surface area contributed by atoms with E-state index >= 15 is 0 Å². The van der Waals surface area contributed by atoms with Crippen LogP contribution in [-0.2, 0) is 13.2 Å². The first-order valence-corrected chi connectivity index (χ1v) is 6.57. The summed E-state index contributed by atoms with van der Waals surface area (Å²) in [7, 11) is 0. The lowest BCUT2D eigenvalue weighted by atomic mass is 10.2. The van der Waals surface area contributed by atoms with Crippen LogP contribution >= 0.6 is 0 Å². The minimum Gasteiger partial charge on any atom is -0.472 e. The minimum absolute atomic E-state index is 0.515. The van der Waals surface area contributed by atoms with Crippen molar-refractivity contribution in [3.05, 3.63) is 54.0 Å². The number of nitrogens with one attached hydrogen (secondary N) is 1. The van der Waals surface area contributed by atoms with Gasteiger partial charge in [-0.15, -0.1) is 0 Å². The Hall–Kier alpha value is -1.94. The third-order valence-corrected chi connectivity index (χ3v) is 2.62. The molecule has 0 saturated carbocycles. The van der Waals surface area contributed by atoms with Crippen LogP contribution in [0.1, 0.15) is 24.6 Å². The zero-order valence-electron chi connectivity index (χ0n) is 11.2. The third-order valence-electron chi connectivity index (χ3n) is 2.62. The summed E-state index contributed by atoms with van der Waals surface area (Å²) in [5.41, 5.74) is 2.03. The summed E-state index contributed by atoms with van der Waals surface area (Å²) in [5.74, 6) is 0.569. The molecule has 0 amide bonds.